The molecule has 2 aromatic rings. The van der Waals surface area contributed by atoms with Crippen molar-refractivity contribution < 1.29 is 4.79 Å². The van der Waals surface area contributed by atoms with Crippen LogP contribution in [0.15, 0.2) is 41.1 Å². The van der Waals surface area contributed by atoms with E-state index in [1.54, 1.807) is 11.3 Å². The first-order chi connectivity index (χ1) is 11.1. The number of benzene rings is 1. The molecule has 0 saturated heterocycles. The summed E-state index contributed by atoms with van der Waals surface area (Å²) >= 11 is 1.69. The Kier molecular flexibility index (Phi) is 5.13. The Morgan fingerprint density at radius 2 is 1.83 bits per heavy atom. The fourth-order valence-corrected chi connectivity index (χ4v) is 3.84. The monoisotopic (exact) mass is 328 g/mol. The third-order valence-electron chi connectivity index (χ3n) is 4.48. The molecule has 1 aliphatic rings. The minimum absolute atomic E-state index is 0.105. The van der Waals surface area contributed by atoms with Crippen LogP contribution in [-0.4, -0.2) is 42.9 Å². The number of hydrogen-bond acceptors (Lipinski definition) is 3. The Bertz CT molecular complexity index is 626. The number of amides is 1. The maximum atomic E-state index is 13.1. The average Bonchev–Trinajstić information content (AvgIpc) is 3.19. The Balaban J connectivity index is 1.70. The maximum Gasteiger partial charge on any atom is 0.226 e. The average molecular weight is 328 g/mol. The van der Waals surface area contributed by atoms with Crippen molar-refractivity contribution in [1.29, 1.82) is 0 Å². The van der Waals surface area contributed by atoms with Crippen molar-refractivity contribution in [2.75, 3.05) is 27.2 Å². The van der Waals surface area contributed by atoms with Crippen LogP contribution in [0.1, 0.15) is 16.7 Å². The van der Waals surface area contributed by atoms with E-state index < -0.39 is 0 Å². The molecule has 0 aliphatic heterocycles. The Labute approximate surface area is 142 Å². The molecule has 23 heavy (non-hydrogen) atoms. The van der Waals surface area contributed by atoms with E-state index in [-0.39, 0.29) is 5.92 Å². The van der Waals surface area contributed by atoms with Crippen LogP contribution in [0.4, 0.5) is 0 Å². The number of rotatable bonds is 6. The van der Waals surface area contributed by atoms with Gasteiger partial charge in [0.1, 0.15) is 0 Å². The summed E-state index contributed by atoms with van der Waals surface area (Å²) in [5, 5.41) is 4.22. The number of thiophene rings is 1. The second-order valence-corrected chi connectivity index (χ2v) is 7.35. The molecule has 0 atom stereocenters. The molecule has 0 spiro atoms. The third kappa shape index (κ3) is 4.01. The third-order valence-corrected chi connectivity index (χ3v) is 5.21. The molecule has 0 fully saturated rings. The van der Waals surface area contributed by atoms with Crippen LogP contribution in [-0.2, 0) is 24.2 Å². The molecule has 0 saturated carbocycles. The molecule has 0 bridgehead atoms. The smallest absolute Gasteiger partial charge is 0.226 e. The van der Waals surface area contributed by atoms with Gasteiger partial charge in [-0.1, -0.05) is 24.3 Å². The van der Waals surface area contributed by atoms with E-state index in [9.17, 15) is 4.79 Å². The van der Waals surface area contributed by atoms with Gasteiger partial charge >= 0.3 is 0 Å². The zero-order valence-corrected chi connectivity index (χ0v) is 14.7. The van der Waals surface area contributed by atoms with E-state index in [1.165, 1.54) is 16.7 Å². The predicted molar refractivity (Wildman–Crippen MR) is 95.6 cm³/mol. The Morgan fingerprint density at radius 3 is 2.39 bits per heavy atom. The van der Waals surface area contributed by atoms with Gasteiger partial charge in [-0.2, -0.15) is 11.3 Å². The van der Waals surface area contributed by atoms with Crippen LogP contribution in [0.3, 0.4) is 0 Å². The Morgan fingerprint density at radius 1 is 1.13 bits per heavy atom. The van der Waals surface area contributed by atoms with Gasteiger partial charge in [-0.3, -0.25) is 4.79 Å². The molecule has 0 N–H and O–H groups in total. The number of likely N-dealkylation sites (N-methyl/N-ethyl adjacent to an activating group) is 1. The van der Waals surface area contributed by atoms with Crippen LogP contribution >= 0.6 is 11.3 Å². The lowest BCUT2D eigenvalue weighted by Crippen LogP contribution is -2.40. The predicted octanol–water partition coefficient (Wildman–Crippen LogP) is 3.05. The minimum Gasteiger partial charge on any atom is -0.337 e. The standard InChI is InChI=1S/C19H24N2OS/c1-20(2)8-9-21(13-15-7-10-23-14-15)19(22)18-11-16-5-3-4-6-17(16)12-18/h3-7,10,14,18H,8-9,11-13H2,1-2H3. The van der Waals surface area contributed by atoms with Crippen LogP contribution in [0, 0.1) is 5.92 Å². The quantitative estimate of drug-likeness (QED) is 0.814. The highest BCUT2D eigenvalue weighted by atomic mass is 32.1. The molecular weight excluding hydrogens is 304 g/mol. The van der Waals surface area contributed by atoms with E-state index in [1.807, 2.05) is 4.90 Å². The molecule has 1 aromatic carbocycles. The number of carbonyl (C=O) groups excluding carboxylic acids is 1. The van der Waals surface area contributed by atoms with E-state index in [4.69, 9.17) is 0 Å². The summed E-state index contributed by atoms with van der Waals surface area (Å²) in [6.07, 6.45) is 1.77. The molecule has 0 unspecified atom stereocenters. The number of hydrogen-bond donors (Lipinski definition) is 0. The lowest BCUT2D eigenvalue weighted by atomic mass is 10.0. The van der Waals surface area contributed by atoms with Gasteiger partial charge in [0.2, 0.25) is 5.91 Å². The van der Waals surface area contributed by atoms with Crippen molar-refractivity contribution in [1.82, 2.24) is 9.80 Å². The largest absolute Gasteiger partial charge is 0.337 e. The molecule has 1 amide bonds. The van der Waals surface area contributed by atoms with Crippen LogP contribution in [0.5, 0.6) is 0 Å². The summed E-state index contributed by atoms with van der Waals surface area (Å²) in [7, 11) is 4.11. The summed E-state index contributed by atoms with van der Waals surface area (Å²) in [4.78, 5) is 17.2. The van der Waals surface area contributed by atoms with E-state index in [0.717, 1.165) is 32.5 Å². The highest BCUT2D eigenvalue weighted by molar-refractivity contribution is 7.07. The molecule has 4 heteroatoms. The first kappa shape index (κ1) is 16.2. The highest BCUT2D eigenvalue weighted by Crippen LogP contribution is 2.28. The zero-order valence-electron chi connectivity index (χ0n) is 13.9. The van der Waals surface area contributed by atoms with Crippen molar-refractivity contribution in [3.63, 3.8) is 0 Å². The first-order valence-electron chi connectivity index (χ1n) is 8.15. The lowest BCUT2D eigenvalue weighted by molar-refractivity contribution is -0.136. The summed E-state index contributed by atoms with van der Waals surface area (Å²) in [5.74, 6) is 0.405. The van der Waals surface area contributed by atoms with Gasteiger partial charge in [-0.05, 0) is 60.5 Å². The molecule has 1 heterocycles. The van der Waals surface area contributed by atoms with E-state index in [0.29, 0.717) is 5.91 Å². The lowest BCUT2D eigenvalue weighted by Gasteiger charge is -2.27. The maximum absolute atomic E-state index is 13.1. The molecule has 0 radical (unpaired) electrons. The first-order valence-corrected chi connectivity index (χ1v) is 9.09. The van der Waals surface area contributed by atoms with Gasteiger partial charge in [0.15, 0.2) is 0 Å². The summed E-state index contributed by atoms with van der Waals surface area (Å²) in [5.41, 5.74) is 3.92. The van der Waals surface area contributed by atoms with Gasteiger partial charge in [-0.25, -0.2) is 0 Å². The van der Waals surface area contributed by atoms with Crippen molar-refractivity contribution >= 4 is 17.2 Å². The van der Waals surface area contributed by atoms with Crippen LogP contribution in [0.25, 0.3) is 0 Å². The molecular formula is C19H24N2OS. The number of nitrogens with zero attached hydrogens (tertiary/aromatic N) is 2. The van der Waals surface area contributed by atoms with Gasteiger partial charge in [0, 0.05) is 25.6 Å². The van der Waals surface area contributed by atoms with Gasteiger partial charge in [0.05, 0.1) is 0 Å². The van der Waals surface area contributed by atoms with Crippen molar-refractivity contribution in [3.8, 4) is 0 Å². The van der Waals surface area contributed by atoms with Crippen LogP contribution in [0.2, 0.25) is 0 Å². The molecule has 3 rings (SSSR count). The summed E-state index contributed by atoms with van der Waals surface area (Å²) < 4.78 is 0. The van der Waals surface area contributed by atoms with Gasteiger partial charge in [0.25, 0.3) is 0 Å². The molecule has 1 aromatic heterocycles. The molecule has 3 nitrogen and oxygen atoms in total. The van der Waals surface area contributed by atoms with E-state index in [2.05, 4.69) is 60.1 Å². The topological polar surface area (TPSA) is 23.6 Å². The fraction of sp³-hybridized carbons (Fsp3) is 0.421. The second-order valence-electron chi connectivity index (χ2n) is 6.57. The SMILES string of the molecule is CN(C)CCN(Cc1ccsc1)C(=O)C1Cc2ccccc2C1. The second kappa shape index (κ2) is 7.28. The number of fused-ring (bicyclic) bond motifs is 1. The Hall–Kier alpha value is -1.65. The van der Waals surface area contributed by atoms with Gasteiger partial charge in [-0.15, -0.1) is 0 Å². The normalized spacial score (nSPS) is 14.2. The summed E-state index contributed by atoms with van der Waals surface area (Å²) in [6, 6.07) is 10.6. The van der Waals surface area contributed by atoms with Crippen molar-refractivity contribution in [2.24, 2.45) is 5.92 Å². The summed E-state index contributed by atoms with van der Waals surface area (Å²) in [6.45, 7) is 2.41. The molecule has 1 aliphatic carbocycles. The zero-order chi connectivity index (χ0) is 16.2. The number of carbonyl (C=O) groups is 1. The van der Waals surface area contributed by atoms with Crippen molar-refractivity contribution in [3.05, 3.63) is 57.8 Å². The highest BCUT2D eigenvalue weighted by Gasteiger charge is 2.30. The van der Waals surface area contributed by atoms with E-state index >= 15 is 0 Å². The van der Waals surface area contributed by atoms with Gasteiger partial charge < -0.3 is 9.80 Å². The minimum atomic E-state index is 0.105. The van der Waals surface area contributed by atoms with Crippen LogP contribution < -0.4 is 0 Å². The van der Waals surface area contributed by atoms with Crippen molar-refractivity contribution in [2.45, 2.75) is 19.4 Å². The fourth-order valence-electron chi connectivity index (χ4n) is 3.18. The molecule has 122 valence electrons.